The van der Waals surface area contributed by atoms with Crippen LogP contribution in [0.1, 0.15) is 0 Å². The molecule has 0 aromatic heterocycles. The van der Waals surface area contributed by atoms with Crippen molar-refractivity contribution in [1.82, 2.24) is 4.31 Å². The third-order valence-electron chi connectivity index (χ3n) is 1.07. The molecule has 0 aliphatic carbocycles. The summed E-state index contributed by atoms with van der Waals surface area (Å²) in [5.41, 5.74) is 0. The lowest BCUT2D eigenvalue weighted by molar-refractivity contribution is 0.0571. The highest BCUT2D eigenvalue weighted by Gasteiger charge is 2.25. The lowest BCUT2D eigenvalue weighted by Gasteiger charge is -2.29. The van der Waals surface area contributed by atoms with E-state index in [1.54, 1.807) is 0 Å². The van der Waals surface area contributed by atoms with Crippen LogP contribution in [-0.4, -0.2) is 37.0 Å². The predicted molar refractivity (Wildman–Crippen MR) is 27.9 cm³/mol. The van der Waals surface area contributed by atoms with Crippen LogP contribution in [0.3, 0.4) is 0 Å². The van der Waals surface area contributed by atoms with Crippen molar-refractivity contribution in [1.29, 1.82) is 0 Å². The molecule has 1 heterocycles. The second-order valence-electron chi connectivity index (χ2n) is 1.76. The Balaban J connectivity index is 2.36. The Bertz CT molecular complexity index is 141. The van der Waals surface area contributed by atoms with Crippen molar-refractivity contribution >= 4 is 10.9 Å². The van der Waals surface area contributed by atoms with Crippen molar-refractivity contribution in [2.24, 2.45) is 0 Å². The Morgan fingerprint density at radius 3 is 2.12 bits per heavy atom. The summed E-state index contributed by atoms with van der Waals surface area (Å²) in [7, 11) is -2.43. The number of thiol groups is 1. The van der Waals surface area contributed by atoms with E-state index in [2.05, 4.69) is 0 Å². The molecule has 0 saturated carbocycles. The maximum Gasteiger partial charge on any atom is 0.204 e. The average molecular weight is 137 g/mol. The number of rotatable bonds is 1. The normalized spacial score (nSPS) is 23.8. The van der Waals surface area contributed by atoms with Gasteiger partial charge in [0.1, 0.15) is 0 Å². The van der Waals surface area contributed by atoms with Crippen molar-refractivity contribution in [3.63, 3.8) is 0 Å². The van der Waals surface area contributed by atoms with Crippen molar-refractivity contribution in [3.8, 4) is 0 Å². The van der Waals surface area contributed by atoms with Gasteiger partial charge in [-0.15, -0.1) is 0 Å². The second-order valence-corrected chi connectivity index (χ2v) is 2.80. The van der Waals surface area contributed by atoms with Gasteiger partial charge in [-0.25, -0.2) is 8.42 Å². The summed E-state index contributed by atoms with van der Waals surface area (Å²) >= 11 is 0. The maximum atomic E-state index is 9.98. The molecular weight excluding hydrogens is 130 g/mol. The minimum atomic E-state index is -2.43. The molecule has 1 aliphatic heterocycles. The Hall–Kier alpha value is -0.130. The molecular formula is C3H7NO3S. The van der Waals surface area contributed by atoms with Gasteiger partial charge < -0.3 is 5.11 Å². The summed E-state index contributed by atoms with van der Waals surface area (Å²) in [6.07, 6.45) is -0.428. The fourth-order valence-electron chi connectivity index (χ4n) is 0.566. The van der Waals surface area contributed by atoms with Gasteiger partial charge in [0.15, 0.2) is 0 Å². The van der Waals surface area contributed by atoms with Crippen LogP contribution in [-0.2, 0) is 10.9 Å². The molecule has 0 atom stereocenters. The number of nitrogens with zero attached hydrogens (tertiary/aromatic N) is 1. The van der Waals surface area contributed by atoms with Crippen LogP contribution in [0, 0.1) is 0 Å². The Morgan fingerprint density at radius 2 is 2.00 bits per heavy atom. The van der Waals surface area contributed by atoms with Crippen molar-refractivity contribution < 1.29 is 13.5 Å². The fraction of sp³-hybridized carbons (Fsp3) is 1.00. The Kier molecular flexibility index (Phi) is 1.50. The van der Waals surface area contributed by atoms with Gasteiger partial charge in [-0.05, 0) is 0 Å². The van der Waals surface area contributed by atoms with Crippen LogP contribution < -0.4 is 0 Å². The van der Waals surface area contributed by atoms with E-state index in [0.717, 1.165) is 0 Å². The topological polar surface area (TPSA) is 57.6 Å². The van der Waals surface area contributed by atoms with Gasteiger partial charge in [-0.2, -0.15) is 4.31 Å². The SMILES string of the molecule is O=[SH](=O)N1CC(O)C1. The summed E-state index contributed by atoms with van der Waals surface area (Å²) < 4.78 is 21.2. The molecule has 4 nitrogen and oxygen atoms in total. The summed E-state index contributed by atoms with van der Waals surface area (Å²) in [6, 6.07) is 0. The largest absolute Gasteiger partial charge is 0.390 e. The monoisotopic (exact) mass is 137 g/mol. The zero-order valence-corrected chi connectivity index (χ0v) is 5.04. The lowest BCUT2D eigenvalue weighted by atomic mass is 10.2. The minimum absolute atomic E-state index is 0.276. The smallest absolute Gasteiger partial charge is 0.204 e. The molecule has 5 heteroatoms. The predicted octanol–water partition coefficient (Wildman–Crippen LogP) is -1.81. The van der Waals surface area contributed by atoms with Gasteiger partial charge in [0.2, 0.25) is 10.9 Å². The zero-order valence-electron chi connectivity index (χ0n) is 4.15. The highest BCUT2D eigenvalue weighted by molar-refractivity contribution is 7.69. The molecule has 0 unspecified atom stereocenters. The standard InChI is InChI=1S/C3H7NO3S/c5-3-1-4(2-3)8(6)7/h3,5,8H,1-2H2. The zero-order chi connectivity index (χ0) is 6.15. The van der Waals surface area contributed by atoms with Gasteiger partial charge in [-0.3, -0.25) is 0 Å². The molecule has 1 fully saturated rings. The van der Waals surface area contributed by atoms with E-state index < -0.39 is 17.0 Å². The summed E-state index contributed by atoms with van der Waals surface area (Å²) in [6.45, 7) is 0.553. The van der Waals surface area contributed by atoms with Crippen LogP contribution >= 0.6 is 0 Å². The van der Waals surface area contributed by atoms with Crippen molar-refractivity contribution in [3.05, 3.63) is 0 Å². The number of aliphatic hydroxyl groups is 1. The first-order valence-electron chi connectivity index (χ1n) is 2.27. The molecule has 1 saturated heterocycles. The Morgan fingerprint density at radius 1 is 1.50 bits per heavy atom. The first kappa shape index (κ1) is 6.00. The van der Waals surface area contributed by atoms with E-state index >= 15 is 0 Å². The van der Waals surface area contributed by atoms with Crippen LogP contribution in [0.25, 0.3) is 0 Å². The number of hydrogen-bond donors (Lipinski definition) is 2. The molecule has 0 amide bonds. The molecule has 1 N–H and O–H groups in total. The van der Waals surface area contributed by atoms with Crippen molar-refractivity contribution in [2.75, 3.05) is 13.1 Å². The lowest BCUT2D eigenvalue weighted by Crippen LogP contribution is -2.49. The highest BCUT2D eigenvalue weighted by atomic mass is 32.2. The van der Waals surface area contributed by atoms with Crippen LogP contribution in [0.4, 0.5) is 0 Å². The second kappa shape index (κ2) is 2.00. The van der Waals surface area contributed by atoms with E-state index in [1.807, 2.05) is 0 Å². The van der Waals surface area contributed by atoms with Gasteiger partial charge in [-0.1, -0.05) is 0 Å². The van der Waals surface area contributed by atoms with E-state index in [9.17, 15) is 8.42 Å². The highest BCUT2D eigenvalue weighted by Crippen LogP contribution is 2.05. The summed E-state index contributed by atoms with van der Waals surface area (Å²) in [5.74, 6) is 0. The van der Waals surface area contributed by atoms with Gasteiger partial charge in [0.05, 0.1) is 6.10 Å². The van der Waals surface area contributed by atoms with Crippen LogP contribution in [0.2, 0.25) is 0 Å². The molecule has 8 heavy (non-hydrogen) atoms. The maximum absolute atomic E-state index is 9.98. The third-order valence-corrected chi connectivity index (χ3v) is 1.86. The molecule has 1 rings (SSSR count). The van der Waals surface area contributed by atoms with Crippen LogP contribution in [0.5, 0.6) is 0 Å². The minimum Gasteiger partial charge on any atom is -0.390 e. The Labute approximate surface area is 48.8 Å². The quantitative estimate of drug-likeness (QED) is 0.419. The molecule has 0 aromatic carbocycles. The van der Waals surface area contributed by atoms with Crippen LogP contribution in [0.15, 0.2) is 0 Å². The average Bonchev–Trinajstić information content (AvgIpc) is 1.57. The van der Waals surface area contributed by atoms with Gasteiger partial charge in [0, 0.05) is 13.1 Å². The number of β-amino-alcohol motifs (C(OH)–C–C–N with tert-alkyl or cyclic N) is 1. The first-order chi connectivity index (χ1) is 3.70. The molecule has 0 radical (unpaired) electrons. The molecule has 1 aliphatic rings. The first-order valence-corrected chi connectivity index (χ1v) is 3.40. The van der Waals surface area contributed by atoms with Gasteiger partial charge in [0.25, 0.3) is 0 Å². The number of aliphatic hydroxyl groups excluding tert-OH is 1. The van der Waals surface area contributed by atoms with E-state index in [-0.39, 0.29) is 13.1 Å². The van der Waals surface area contributed by atoms with Crippen molar-refractivity contribution in [2.45, 2.75) is 6.10 Å². The van der Waals surface area contributed by atoms with E-state index in [0.29, 0.717) is 0 Å². The fourth-order valence-corrected chi connectivity index (χ4v) is 1.21. The van der Waals surface area contributed by atoms with Gasteiger partial charge >= 0.3 is 0 Å². The summed E-state index contributed by atoms with van der Waals surface area (Å²) in [4.78, 5) is 0. The molecule has 0 spiro atoms. The third kappa shape index (κ3) is 0.988. The molecule has 48 valence electrons. The number of hydrogen-bond acceptors (Lipinski definition) is 3. The molecule has 0 aromatic rings. The summed E-state index contributed by atoms with van der Waals surface area (Å²) in [5, 5.41) is 8.56. The molecule has 0 bridgehead atoms. The van der Waals surface area contributed by atoms with E-state index in [1.165, 1.54) is 4.31 Å². The van der Waals surface area contributed by atoms with E-state index in [4.69, 9.17) is 5.11 Å².